The van der Waals surface area contributed by atoms with Gasteiger partial charge in [-0.2, -0.15) is 0 Å². The number of aromatic nitrogens is 3. The third-order valence-electron chi connectivity index (χ3n) is 9.66. The maximum absolute atomic E-state index is 9.37. The van der Waals surface area contributed by atoms with Crippen molar-refractivity contribution in [1.29, 1.82) is 0 Å². The molecule has 0 aliphatic heterocycles. The maximum Gasteiger partial charge on any atom is 0.165 e. The zero-order valence-corrected chi connectivity index (χ0v) is 29.0. The minimum absolute atomic E-state index is 0.0301. The number of benzene rings is 8. The first-order valence-electron chi connectivity index (χ1n) is 21.8. The van der Waals surface area contributed by atoms with E-state index < -0.39 is 30.2 Å². The average molecular weight is 717 g/mol. The van der Waals surface area contributed by atoms with E-state index >= 15 is 0 Å². The average Bonchev–Trinajstić information content (AvgIpc) is 3.89. The minimum Gasteiger partial charge on any atom is -0.456 e. The molecule has 0 N–H and O–H groups in total. The van der Waals surface area contributed by atoms with Gasteiger partial charge in [-0.3, -0.25) is 0 Å². The van der Waals surface area contributed by atoms with Gasteiger partial charge < -0.3 is 4.42 Å². The van der Waals surface area contributed by atoms with Gasteiger partial charge in [0.05, 0.1) is 12.3 Å². The van der Waals surface area contributed by atoms with Gasteiger partial charge in [0, 0.05) is 47.6 Å². The Kier molecular flexibility index (Phi) is 5.22. The van der Waals surface area contributed by atoms with E-state index in [0.717, 1.165) is 44.4 Å². The van der Waals surface area contributed by atoms with Gasteiger partial charge in [0.25, 0.3) is 0 Å². The smallest absolute Gasteiger partial charge is 0.165 e. The molecule has 54 heavy (non-hydrogen) atoms. The predicted octanol–water partition coefficient (Wildman–Crippen LogP) is 13.6. The Balaban J connectivity index is 1.20. The summed E-state index contributed by atoms with van der Waals surface area (Å²) in [5.41, 5.74) is 6.73. The summed E-state index contributed by atoms with van der Waals surface area (Å²) in [5.74, 6) is 0.572. The first-order valence-corrected chi connectivity index (χ1v) is 18.1. The van der Waals surface area contributed by atoms with Crippen LogP contribution in [0.1, 0.15) is 12.3 Å². The van der Waals surface area contributed by atoms with Gasteiger partial charge in [-0.25, -0.2) is 15.0 Å². The molecule has 0 fully saturated rings. The standard InChI is InChI=1S/C49H29N3OS/c1-3-11-30(12-4-1)33-16-9-17-35(27-33)47-50-48(36-23-26-44-42(29-36)41-28-34(22-25-43(41)53-44)31-13-5-2-6-14-31)52-49(51-47)40-20-10-19-38-39-24-21-32-15-7-8-18-37(32)45(39)54-46(38)40/h1-29H/i7D,8D,10D,15D,18D,19D,20D,21D,24D. The van der Waals surface area contributed by atoms with Crippen molar-refractivity contribution >= 4 is 64.2 Å². The number of fused-ring (bicyclic) bond motifs is 8. The van der Waals surface area contributed by atoms with Gasteiger partial charge in [0.1, 0.15) is 11.2 Å². The molecular formula is C49H29N3OS. The van der Waals surface area contributed by atoms with Crippen LogP contribution in [0.2, 0.25) is 0 Å². The Labute approximate surface area is 327 Å². The Bertz CT molecular complexity index is 3740. The van der Waals surface area contributed by atoms with Crippen molar-refractivity contribution in [3.8, 4) is 56.4 Å². The molecule has 0 saturated carbocycles. The van der Waals surface area contributed by atoms with Crippen LogP contribution in [0.5, 0.6) is 0 Å². The van der Waals surface area contributed by atoms with Crippen LogP contribution in [0.4, 0.5) is 0 Å². The van der Waals surface area contributed by atoms with E-state index in [2.05, 4.69) is 18.2 Å². The molecule has 0 atom stereocenters. The first-order chi connectivity index (χ1) is 30.5. The number of thiophene rings is 1. The highest BCUT2D eigenvalue weighted by atomic mass is 32.1. The largest absolute Gasteiger partial charge is 0.456 e. The van der Waals surface area contributed by atoms with E-state index in [1.165, 1.54) is 0 Å². The molecule has 11 rings (SSSR count). The number of furan rings is 1. The number of rotatable bonds is 5. The summed E-state index contributed by atoms with van der Waals surface area (Å²) in [4.78, 5) is 15.0. The second kappa shape index (κ2) is 12.3. The van der Waals surface area contributed by atoms with Gasteiger partial charge in [0.15, 0.2) is 17.5 Å². The molecule has 5 heteroatoms. The monoisotopic (exact) mass is 716 g/mol. The van der Waals surface area contributed by atoms with Crippen LogP contribution in [0.3, 0.4) is 0 Å². The van der Waals surface area contributed by atoms with Crippen LogP contribution in [0.15, 0.2) is 180 Å². The highest BCUT2D eigenvalue weighted by Crippen LogP contribution is 2.43. The Morgan fingerprint density at radius 3 is 1.74 bits per heavy atom. The summed E-state index contributed by atoms with van der Waals surface area (Å²) < 4.78 is 86.8. The van der Waals surface area contributed by atoms with E-state index in [1.807, 2.05) is 103 Å². The highest BCUT2D eigenvalue weighted by Gasteiger charge is 2.19. The van der Waals surface area contributed by atoms with Crippen LogP contribution < -0.4 is 0 Å². The highest BCUT2D eigenvalue weighted by molar-refractivity contribution is 7.27. The molecule has 8 aromatic carbocycles. The molecule has 3 aromatic heterocycles. The first kappa shape index (κ1) is 22.9. The molecule has 252 valence electrons. The Morgan fingerprint density at radius 2 is 0.981 bits per heavy atom. The van der Waals surface area contributed by atoms with E-state index in [-0.39, 0.29) is 78.2 Å². The molecular weight excluding hydrogens is 679 g/mol. The number of nitrogens with zero attached hydrogens (tertiary/aromatic N) is 3. The molecule has 11 aromatic rings. The van der Waals surface area contributed by atoms with Crippen LogP contribution in [0, 0.1) is 0 Å². The van der Waals surface area contributed by atoms with E-state index in [9.17, 15) is 1.37 Å². The lowest BCUT2D eigenvalue weighted by Gasteiger charge is -2.10. The molecule has 0 radical (unpaired) electrons. The van der Waals surface area contributed by atoms with Crippen LogP contribution in [-0.4, -0.2) is 15.0 Å². The third kappa shape index (κ3) is 5.09. The summed E-state index contributed by atoms with van der Waals surface area (Å²) in [5, 5.41) is 1.85. The van der Waals surface area contributed by atoms with Gasteiger partial charge >= 0.3 is 0 Å². The summed E-state index contributed by atoms with van der Waals surface area (Å²) in [7, 11) is 0. The van der Waals surface area contributed by atoms with Crippen LogP contribution in [0.25, 0.3) is 109 Å². The van der Waals surface area contributed by atoms with Gasteiger partial charge in [0.2, 0.25) is 0 Å². The fraction of sp³-hybridized carbons (Fsp3) is 0. The lowest BCUT2D eigenvalue weighted by molar-refractivity contribution is 0.669. The summed E-state index contributed by atoms with van der Waals surface area (Å²) >= 11 is 1.03. The molecule has 3 heterocycles. The SMILES string of the molecule is [2H]c1c([2H])c([2H])c2c(sc3c4c([2H])c([2H])c([2H])c([2H])c4c([2H])c([2H])c32)c1-c1nc(-c2cccc(-c3ccccc3)c2)nc(-c2ccc3oc4ccc(-c5ccccc5)cc4c3c2)n1. The molecule has 0 spiro atoms. The van der Waals surface area contributed by atoms with Crippen molar-refractivity contribution in [3.05, 3.63) is 176 Å². The van der Waals surface area contributed by atoms with Gasteiger partial charge in [-0.15, -0.1) is 11.3 Å². The zero-order valence-electron chi connectivity index (χ0n) is 37.2. The van der Waals surface area contributed by atoms with Crippen molar-refractivity contribution < 1.29 is 16.8 Å². The van der Waals surface area contributed by atoms with E-state index in [0.29, 0.717) is 22.3 Å². The Morgan fingerprint density at radius 1 is 0.407 bits per heavy atom. The topological polar surface area (TPSA) is 51.8 Å². The normalized spacial score (nSPS) is 14.0. The van der Waals surface area contributed by atoms with Crippen molar-refractivity contribution in [2.45, 2.75) is 0 Å². The Hall–Kier alpha value is -6.95. The molecule has 4 nitrogen and oxygen atoms in total. The van der Waals surface area contributed by atoms with Crippen molar-refractivity contribution in [3.63, 3.8) is 0 Å². The molecule has 0 unspecified atom stereocenters. The number of hydrogen-bond donors (Lipinski definition) is 0. The van der Waals surface area contributed by atoms with Crippen LogP contribution in [-0.2, 0) is 0 Å². The quantitative estimate of drug-likeness (QED) is 0.178. The van der Waals surface area contributed by atoms with Crippen molar-refractivity contribution in [2.24, 2.45) is 0 Å². The summed E-state index contributed by atoms with van der Waals surface area (Å²) in [6.45, 7) is 0. The minimum atomic E-state index is -0.524. The maximum atomic E-state index is 9.37. The lowest BCUT2D eigenvalue weighted by Crippen LogP contribution is -2.00. The summed E-state index contributed by atoms with van der Waals surface area (Å²) in [6.07, 6.45) is 0. The third-order valence-corrected chi connectivity index (χ3v) is 10.9. The summed E-state index contributed by atoms with van der Waals surface area (Å²) in [6, 6.07) is 35.7. The number of hydrogen-bond acceptors (Lipinski definition) is 5. The lowest BCUT2D eigenvalue weighted by atomic mass is 10.0. The van der Waals surface area contributed by atoms with E-state index in [1.54, 1.807) is 0 Å². The predicted molar refractivity (Wildman–Crippen MR) is 225 cm³/mol. The van der Waals surface area contributed by atoms with Gasteiger partial charge in [-0.05, 0) is 75.5 Å². The second-order valence-corrected chi connectivity index (χ2v) is 13.9. The fourth-order valence-corrected chi connectivity index (χ4v) is 8.25. The van der Waals surface area contributed by atoms with Crippen LogP contribution >= 0.6 is 11.3 Å². The van der Waals surface area contributed by atoms with Crippen molar-refractivity contribution in [1.82, 2.24) is 15.0 Å². The molecule has 0 aliphatic carbocycles. The zero-order chi connectivity index (χ0) is 43.4. The molecule has 0 amide bonds. The van der Waals surface area contributed by atoms with Crippen molar-refractivity contribution in [2.75, 3.05) is 0 Å². The second-order valence-electron chi connectivity index (χ2n) is 12.9. The molecule has 0 saturated heterocycles. The van der Waals surface area contributed by atoms with Gasteiger partial charge in [-0.1, -0.05) is 133 Å². The fourth-order valence-electron chi connectivity index (χ4n) is 7.03. The molecule has 0 aliphatic rings. The molecule has 0 bridgehead atoms. The van der Waals surface area contributed by atoms with E-state index in [4.69, 9.17) is 30.3 Å².